The molecule has 18 heavy (non-hydrogen) atoms. The van der Waals surface area contributed by atoms with Crippen LogP contribution in [-0.4, -0.2) is 18.1 Å². The molecule has 0 aliphatic heterocycles. The number of hydrogen-bond acceptors (Lipinski definition) is 3. The van der Waals surface area contributed by atoms with Gasteiger partial charge in [0.1, 0.15) is 0 Å². The summed E-state index contributed by atoms with van der Waals surface area (Å²) in [6.07, 6.45) is 2.61. The lowest BCUT2D eigenvalue weighted by atomic mass is 10.1. The van der Waals surface area contributed by atoms with Crippen molar-refractivity contribution in [2.45, 2.75) is 20.3 Å². The zero-order valence-electron chi connectivity index (χ0n) is 10.7. The second kappa shape index (κ2) is 6.16. The van der Waals surface area contributed by atoms with Crippen LogP contribution in [0.2, 0.25) is 0 Å². The fraction of sp³-hybridized carbons (Fsp3) is 0.357. The molecule has 0 saturated carbocycles. The first-order valence-corrected chi connectivity index (χ1v) is 6.92. The van der Waals surface area contributed by atoms with E-state index in [2.05, 4.69) is 52.2 Å². The van der Waals surface area contributed by atoms with E-state index in [9.17, 15) is 0 Å². The first-order chi connectivity index (χ1) is 8.70. The summed E-state index contributed by atoms with van der Waals surface area (Å²) in [5, 5.41) is 3.26. The standard InChI is InChI=1S/C14H17BrN2O/c1-3-16-7-6-14-17-9-13(18-14)11-8-10(2)4-5-12(11)15/h4-5,8-9,16H,3,6-7H2,1-2H3. The molecule has 1 aromatic carbocycles. The average molecular weight is 309 g/mol. The van der Waals surface area contributed by atoms with Crippen molar-refractivity contribution >= 4 is 15.9 Å². The molecule has 0 amide bonds. The summed E-state index contributed by atoms with van der Waals surface area (Å²) in [5.74, 6) is 1.59. The Hall–Kier alpha value is -1.13. The minimum atomic E-state index is 0.777. The van der Waals surface area contributed by atoms with E-state index < -0.39 is 0 Å². The van der Waals surface area contributed by atoms with Gasteiger partial charge in [-0.1, -0.05) is 34.5 Å². The van der Waals surface area contributed by atoms with E-state index in [1.54, 1.807) is 6.20 Å². The molecule has 4 heteroatoms. The Balaban J connectivity index is 2.16. The van der Waals surface area contributed by atoms with Gasteiger partial charge in [-0.05, 0) is 25.6 Å². The van der Waals surface area contributed by atoms with Crippen LogP contribution in [0.1, 0.15) is 18.4 Å². The van der Waals surface area contributed by atoms with Crippen LogP contribution < -0.4 is 5.32 Å². The van der Waals surface area contributed by atoms with Crippen LogP contribution in [0.25, 0.3) is 11.3 Å². The molecular weight excluding hydrogens is 292 g/mol. The van der Waals surface area contributed by atoms with Crippen LogP contribution in [0.3, 0.4) is 0 Å². The van der Waals surface area contributed by atoms with Crippen molar-refractivity contribution in [1.29, 1.82) is 0 Å². The van der Waals surface area contributed by atoms with Crippen LogP contribution in [0.15, 0.2) is 33.3 Å². The maximum atomic E-state index is 5.77. The number of rotatable bonds is 5. The van der Waals surface area contributed by atoms with Crippen molar-refractivity contribution in [1.82, 2.24) is 10.3 Å². The van der Waals surface area contributed by atoms with Gasteiger partial charge in [0, 0.05) is 23.0 Å². The first-order valence-electron chi connectivity index (χ1n) is 6.12. The van der Waals surface area contributed by atoms with Crippen molar-refractivity contribution < 1.29 is 4.42 Å². The van der Waals surface area contributed by atoms with Crippen molar-refractivity contribution in [3.8, 4) is 11.3 Å². The third-order valence-electron chi connectivity index (χ3n) is 2.71. The van der Waals surface area contributed by atoms with Gasteiger partial charge in [0.25, 0.3) is 0 Å². The van der Waals surface area contributed by atoms with Gasteiger partial charge in [-0.15, -0.1) is 0 Å². The topological polar surface area (TPSA) is 38.1 Å². The molecule has 0 aliphatic rings. The Kier molecular flexibility index (Phi) is 4.55. The molecule has 96 valence electrons. The summed E-state index contributed by atoms with van der Waals surface area (Å²) in [6.45, 7) is 6.02. The molecule has 0 unspecified atom stereocenters. The molecule has 3 nitrogen and oxygen atoms in total. The average Bonchev–Trinajstić information content (AvgIpc) is 2.81. The molecule has 1 aromatic heterocycles. The largest absolute Gasteiger partial charge is 0.441 e. The Morgan fingerprint density at radius 2 is 2.22 bits per heavy atom. The SMILES string of the molecule is CCNCCc1ncc(-c2cc(C)ccc2Br)o1. The number of hydrogen-bond donors (Lipinski definition) is 1. The maximum absolute atomic E-state index is 5.77. The van der Waals surface area contributed by atoms with Crippen LogP contribution >= 0.6 is 15.9 Å². The molecule has 1 heterocycles. The van der Waals surface area contributed by atoms with E-state index in [1.165, 1.54) is 5.56 Å². The van der Waals surface area contributed by atoms with E-state index in [-0.39, 0.29) is 0 Å². The molecule has 0 fully saturated rings. The fourth-order valence-corrected chi connectivity index (χ4v) is 2.19. The first kappa shape index (κ1) is 13.3. The normalized spacial score (nSPS) is 10.8. The summed E-state index contributed by atoms with van der Waals surface area (Å²) >= 11 is 3.54. The lowest BCUT2D eigenvalue weighted by molar-refractivity contribution is 0.497. The van der Waals surface area contributed by atoms with E-state index in [1.807, 2.05) is 6.07 Å². The molecule has 0 radical (unpaired) electrons. The summed E-state index contributed by atoms with van der Waals surface area (Å²) in [4.78, 5) is 4.31. The Bertz CT molecular complexity index is 522. The van der Waals surface area contributed by atoms with Gasteiger partial charge in [0.05, 0.1) is 6.20 Å². The summed E-state index contributed by atoms with van der Waals surface area (Å²) in [7, 11) is 0. The number of halogens is 1. The summed E-state index contributed by atoms with van der Waals surface area (Å²) in [6, 6.07) is 6.19. The minimum Gasteiger partial charge on any atom is -0.441 e. The quantitative estimate of drug-likeness (QED) is 0.858. The van der Waals surface area contributed by atoms with E-state index >= 15 is 0 Å². The van der Waals surface area contributed by atoms with Gasteiger partial charge in [0.15, 0.2) is 11.7 Å². The van der Waals surface area contributed by atoms with E-state index in [4.69, 9.17) is 4.42 Å². The number of aromatic nitrogens is 1. The van der Waals surface area contributed by atoms with Gasteiger partial charge in [-0.3, -0.25) is 0 Å². The van der Waals surface area contributed by atoms with E-state index in [0.29, 0.717) is 0 Å². The smallest absolute Gasteiger partial charge is 0.196 e. The Morgan fingerprint density at radius 1 is 1.39 bits per heavy atom. The van der Waals surface area contributed by atoms with Gasteiger partial charge in [0.2, 0.25) is 0 Å². The highest BCUT2D eigenvalue weighted by Gasteiger charge is 2.09. The molecule has 0 spiro atoms. The van der Waals surface area contributed by atoms with Gasteiger partial charge < -0.3 is 9.73 Å². The maximum Gasteiger partial charge on any atom is 0.196 e. The third kappa shape index (κ3) is 3.21. The molecular formula is C14H17BrN2O. The van der Waals surface area contributed by atoms with Crippen molar-refractivity contribution in [3.63, 3.8) is 0 Å². The molecule has 0 aliphatic carbocycles. The molecule has 2 rings (SSSR count). The molecule has 0 saturated heterocycles. The Labute approximate surface area is 116 Å². The summed E-state index contributed by atoms with van der Waals surface area (Å²) < 4.78 is 6.80. The zero-order chi connectivity index (χ0) is 13.0. The predicted octanol–water partition coefficient (Wildman–Crippen LogP) is 3.56. The molecule has 0 atom stereocenters. The fourth-order valence-electron chi connectivity index (χ4n) is 1.75. The van der Waals surface area contributed by atoms with Crippen LogP contribution in [-0.2, 0) is 6.42 Å². The predicted molar refractivity (Wildman–Crippen MR) is 76.6 cm³/mol. The number of oxazole rings is 1. The lowest BCUT2D eigenvalue weighted by Crippen LogP contribution is -2.16. The third-order valence-corrected chi connectivity index (χ3v) is 3.40. The highest BCUT2D eigenvalue weighted by Crippen LogP contribution is 2.29. The highest BCUT2D eigenvalue weighted by atomic mass is 79.9. The lowest BCUT2D eigenvalue weighted by Gasteiger charge is -2.02. The van der Waals surface area contributed by atoms with Crippen LogP contribution in [0, 0.1) is 6.92 Å². The van der Waals surface area contributed by atoms with Gasteiger partial charge in [-0.25, -0.2) is 4.98 Å². The molecule has 2 aromatic rings. The number of benzene rings is 1. The zero-order valence-corrected chi connectivity index (χ0v) is 12.3. The minimum absolute atomic E-state index is 0.777. The van der Waals surface area contributed by atoms with Gasteiger partial charge in [-0.2, -0.15) is 0 Å². The number of nitrogens with zero attached hydrogens (tertiary/aromatic N) is 1. The number of nitrogens with one attached hydrogen (secondary N) is 1. The number of likely N-dealkylation sites (N-methyl/N-ethyl adjacent to an activating group) is 1. The Morgan fingerprint density at radius 3 is 3.00 bits per heavy atom. The van der Waals surface area contributed by atoms with Crippen molar-refractivity contribution in [3.05, 3.63) is 40.3 Å². The van der Waals surface area contributed by atoms with Gasteiger partial charge >= 0.3 is 0 Å². The number of aryl methyl sites for hydroxylation is 1. The highest BCUT2D eigenvalue weighted by molar-refractivity contribution is 9.10. The van der Waals surface area contributed by atoms with Crippen molar-refractivity contribution in [2.24, 2.45) is 0 Å². The van der Waals surface area contributed by atoms with E-state index in [0.717, 1.165) is 41.2 Å². The van der Waals surface area contributed by atoms with Crippen LogP contribution in [0.5, 0.6) is 0 Å². The monoisotopic (exact) mass is 308 g/mol. The van der Waals surface area contributed by atoms with Crippen molar-refractivity contribution in [2.75, 3.05) is 13.1 Å². The second-order valence-electron chi connectivity index (χ2n) is 4.21. The molecule has 1 N–H and O–H groups in total. The summed E-state index contributed by atoms with van der Waals surface area (Å²) in [5.41, 5.74) is 2.26. The van der Waals surface area contributed by atoms with Crippen LogP contribution in [0.4, 0.5) is 0 Å². The second-order valence-corrected chi connectivity index (χ2v) is 5.06. The molecule has 0 bridgehead atoms.